The van der Waals surface area contributed by atoms with Crippen molar-refractivity contribution in [3.63, 3.8) is 0 Å². The summed E-state index contributed by atoms with van der Waals surface area (Å²) in [6.45, 7) is 3.05. The van der Waals surface area contributed by atoms with E-state index in [-0.39, 0.29) is 0 Å². The van der Waals surface area contributed by atoms with Gasteiger partial charge in [-0.1, -0.05) is 0 Å². The molecule has 0 unspecified atom stereocenters. The van der Waals surface area contributed by atoms with Gasteiger partial charge in [0.25, 0.3) is 0 Å². The molecule has 0 bridgehead atoms. The van der Waals surface area contributed by atoms with Gasteiger partial charge in [0.15, 0.2) is 11.5 Å². The van der Waals surface area contributed by atoms with Crippen LogP contribution < -0.4 is 4.90 Å². The molecule has 1 saturated carbocycles. The summed E-state index contributed by atoms with van der Waals surface area (Å²) in [7, 11) is 0. The van der Waals surface area contributed by atoms with E-state index in [1.807, 2.05) is 17.0 Å². The molecule has 1 saturated heterocycles. The largest absolute Gasteiger partial charge is 0.352 e. The number of nitrogens with zero attached hydrogens (tertiary/aromatic N) is 5. The number of amides is 1. The molecular formula is C13H15N5O. The van der Waals surface area contributed by atoms with Crippen molar-refractivity contribution in [2.75, 3.05) is 31.1 Å². The molecule has 0 radical (unpaired) electrons. The predicted octanol–water partition coefficient (Wildman–Crippen LogP) is 0.407. The molecule has 3 rings (SSSR count). The molecule has 1 aliphatic carbocycles. The van der Waals surface area contributed by atoms with Crippen LogP contribution in [0.2, 0.25) is 0 Å². The van der Waals surface area contributed by atoms with E-state index < -0.39 is 0 Å². The average molecular weight is 257 g/mol. The van der Waals surface area contributed by atoms with Crippen LogP contribution in [0.1, 0.15) is 18.5 Å². The Kier molecular flexibility index (Phi) is 3.03. The minimum Gasteiger partial charge on any atom is -0.352 e. The molecule has 6 nitrogen and oxygen atoms in total. The summed E-state index contributed by atoms with van der Waals surface area (Å²) in [5.41, 5.74) is 0.325. The first-order chi connectivity index (χ1) is 9.28. The highest BCUT2D eigenvalue weighted by Crippen LogP contribution is 2.31. The van der Waals surface area contributed by atoms with E-state index in [9.17, 15) is 4.79 Å². The van der Waals surface area contributed by atoms with Crippen LogP contribution in [0.3, 0.4) is 0 Å². The molecule has 6 heteroatoms. The monoisotopic (exact) mass is 257 g/mol. The zero-order valence-electron chi connectivity index (χ0n) is 10.6. The summed E-state index contributed by atoms with van der Waals surface area (Å²) in [6, 6.07) is 5.43. The Hall–Kier alpha value is -2.16. The SMILES string of the molecule is N#Cc1ccc(N2CCN(C(=O)C3CC3)CC2)nn1. The number of nitriles is 1. The van der Waals surface area contributed by atoms with Crippen molar-refractivity contribution in [2.45, 2.75) is 12.8 Å². The standard InChI is InChI=1S/C13H15N5O/c14-9-11-3-4-12(16-15-11)17-5-7-18(8-6-17)13(19)10-1-2-10/h3-4,10H,1-2,5-8H2. The first kappa shape index (κ1) is 11.9. The lowest BCUT2D eigenvalue weighted by Crippen LogP contribution is -2.49. The van der Waals surface area contributed by atoms with Crippen molar-refractivity contribution in [2.24, 2.45) is 5.92 Å². The number of carbonyl (C=O) groups is 1. The van der Waals surface area contributed by atoms with Crippen molar-refractivity contribution < 1.29 is 4.79 Å². The third-order valence-electron chi connectivity index (χ3n) is 3.61. The van der Waals surface area contributed by atoms with E-state index in [0.717, 1.165) is 44.8 Å². The zero-order chi connectivity index (χ0) is 13.2. The Labute approximate surface area is 111 Å². The minimum absolute atomic E-state index is 0.293. The number of hydrogen-bond donors (Lipinski definition) is 0. The molecule has 1 aromatic heterocycles. The fourth-order valence-electron chi connectivity index (χ4n) is 2.30. The third kappa shape index (κ3) is 2.50. The number of carbonyl (C=O) groups excluding carboxylic acids is 1. The van der Waals surface area contributed by atoms with Crippen LogP contribution in [0.15, 0.2) is 12.1 Å². The van der Waals surface area contributed by atoms with E-state index >= 15 is 0 Å². The maximum Gasteiger partial charge on any atom is 0.225 e. The van der Waals surface area contributed by atoms with Gasteiger partial charge in [0.2, 0.25) is 5.91 Å². The molecule has 0 N–H and O–H groups in total. The van der Waals surface area contributed by atoms with Crippen molar-refractivity contribution in [3.05, 3.63) is 17.8 Å². The normalized spacial score (nSPS) is 19.1. The highest BCUT2D eigenvalue weighted by molar-refractivity contribution is 5.81. The number of hydrogen-bond acceptors (Lipinski definition) is 5. The summed E-state index contributed by atoms with van der Waals surface area (Å²) in [6.07, 6.45) is 2.11. The van der Waals surface area contributed by atoms with Crippen LogP contribution in [0, 0.1) is 17.2 Å². The molecule has 0 atom stereocenters. The molecule has 2 heterocycles. The van der Waals surface area contributed by atoms with Gasteiger partial charge in [-0.15, -0.1) is 10.2 Å². The Morgan fingerprint density at radius 2 is 1.95 bits per heavy atom. The minimum atomic E-state index is 0.293. The van der Waals surface area contributed by atoms with Crippen LogP contribution in [-0.2, 0) is 4.79 Å². The lowest BCUT2D eigenvalue weighted by molar-refractivity contribution is -0.132. The first-order valence-corrected chi connectivity index (χ1v) is 6.55. The van der Waals surface area contributed by atoms with Gasteiger partial charge in [-0.25, -0.2) is 0 Å². The average Bonchev–Trinajstić information content (AvgIpc) is 3.31. The molecule has 0 spiro atoms. The van der Waals surface area contributed by atoms with Gasteiger partial charge in [-0.2, -0.15) is 5.26 Å². The van der Waals surface area contributed by atoms with Crippen LogP contribution in [0.25, 0.3) is 0 Å². The number of anilines is 1. The molecule has 2 fully saturated rings. The molecule has 1 amide bonds. The Morgan fingerprint density at radius 3 is 2.47 bits per heavy atom. The summed E-state index contributed by atoms with van der Waals surface area (Å²) in [5.74, 6) is 1.38. The fourth-order valence-corrected chi connectivity index (χ4v) is 2.30. The van der Waals surface area contributed by atoms with E-state index in [4.69, 9.17) is 5.26 Å². The van der Waals surface area contributed by atoms with E-state index in [1.165, 1.54) is 0 Å². The highest BCUT2D eigenvalue weighted by atomic mass is 16.2. The van der Waals surface area contributed by atoms with Crippen molar-refractivity contribution in [1.82, 2.24) is 15.1 Å². The van der Waals surface area contributed by atoms with E-state index in [2.05, 4.69) is 15.1 Å². The predicted molar refractivity (Wildman–Crippen MR) is 68.3 cm³/mol. The van der Waals surface area contributed by atoms with Gasteiger partial charge in [0, 0.05) is 32.1 Å². The van der Waals surface area contributed by atoms with Crippen LogP contribution in [-0.4, -0.2) is 47.2 Å². The second-order valence-electron chi connectivity index (χ2n) is 4.98. The molecule has 2 aliphatic rings. The maximum absolute atomic E-state index is 11.9. The Balaban J connectivity index is 1.59. The fraction of sp³-hybridized carbons (Fsp3) is 0.538. The lowest BCUT2D eigenvalue weighted by Gasteiger charge is -2.35. The van der Waals surface area contributed by atoms with Crippen molar-refractivity contribution in [3.8, 4) is 6.07 Å². The van der Waals surface area contributed by atoms with Crippen LogP contribution in [0.5, 0.6) is 0 Å². The number of piperazine rings is 1. The van der Waals surface area contributed by atoms with Gasteiger partial charge in [-0.3, -0.25) is 4.79 Å². The van der Waals surface area contributed by atoms with Gasteiger partial charge in [0.05, 0.1) is 0 Å². The van der Waals surface area contributed by atoms with Crippen molar-refractivity contribution in [1.29, 1.82) is 5.26 Å². The number of aromatic nitrogens is 2. The van der Waals surface area contributed by atoms with Crippen LogP contribution in [0.4, 0.5) is 5.82 Å². The third-order valence-corrected chi connectivity index (χ3v) is 3.61. The topological polar surface area (TPSA) is 73.1 Å². The lowest BCUT2D eigenvalue weighted by atomic mass is 10.2. The van der Waals surface area contributed by atoms with E-state index in [1.54, 1.807) is 6.07 Å². The second kappa shape index (κ2) is 4.84. The molecule has 1 aromatic rings. The molecular weight excluding hydrogens is 242 g/mol. The summed E-state index contributed by atoms with van der Waals surface area (Å²) in [4.78, 5) is 16.0. The van der Waals surface area contributed by atoms with Crippen LogP contribution >= 0.6 is 0 Å². The van der Waals surface area contributed by atoms with E-state index in [0.29, 0.717) is 17.5 Å². The summed E-state index contributed by atoms with van der Waals surface area (Å²) in [5, 5.41) is 16.6. The quantitative estimate of drug-likeness (QED) is 0.767. The smallest absolute Gasteiger partial charge is 0.225 e. The Morgan fingerprint density at radius 1 is 1.21 bits per heavy atom. The second-order valence-corrected chi connectivity index (χ2v) is 4.98. The molecule has 19 heavy (non-hydrogen) atoms. The van der Waals surface area contributed by atoms with Gasteiger partial charge < -0.3 is 9.80 Å². The van der Waals surface area contributed by atoms with Gasteiger partial charge in [0.1, 0.15) is 6.07 Å². The van der Waals surface area contributed by atoms with Crippen molar-refractivity contribution >= 4 is 11.7 Å². The maximum atomic E-state index is 11.9. The van der Waals surface area contributed by atoms with Gasteiger partial charge in [-0.05, 0) is 25.0 Å². The molecule has 1 aliphatic heterocycles. The van der Waals surface area contributed by atoms with Gasteiger partial charge >= 0.3 is 0 Å². The number of rotatable bonds is 2. The Bertz CT molecular complexity index is 509. The summed E-state index contributed by atoms with van der Waals surface area (Å²) >= 11 is 0. The zero-order valence-corrected chi connectivity index (χ0v) is 10.6. The summed E-state index contributed by atoms with van der Waals surface area (Å²) < 4.78 is 0. The highest BCUT2D eigenvalue weighted by Gasteiger charge is 2.34. The first-order valence-electron chi connectivity index (χ1n) is 6.55. The molecule has 98 valence electrons. The molecule has 0 aromatic carbocycles.